The lowest BCUT2D eigenvalue weighted by Crippen LogP contribution is -2.53. The molecule has 5 rings (SSSR count). The van der Waals surface area contributed by atoms with Gasteiger partial charge in [-0.3, -0.25) is 9.59 Å². The number of sulfonamides is 2. The predicted octanol–water partition coefficient (Wildman–Crippen LogP) is 0.853. The van der Waals surface area contributed by atoms with Gasteiger partial charge in [0.05, 0.1) is 10.5 Å². The van der Waals surface area contributed by atoms with E-state index < -0.39 is 38.4 Å². The van der Waals surface area contributed by atoms with Crippen molar-refractivity contribution in [3.05, 3.63) is 59.2 Å². The molecule has 0 N–H and O–H groups in total. The van der Waals surface area contributed by atoms with Crippen LogP contribution in [0.15, 0.2) is 52.3 Å². The molecule has 33 heavy (non-hydrogen) atoms. The van der Waals surface area contributed by atoms with Crippen molar-refractivity contribution in [3.63, 3.8) is 0 Å². The molecule has 0 aromatic heterocycles. The molecule has 0 saturated carbocycles. The molecule has 0 unspecified atom stereocenters. The summed E-state index contributed by atoms with van der Waals surface area (Å²) in [4.78, 5) is 26.9. The average molecular weight is 490 g/mol. The van der Waals surface area contributed by atoms with Crippen LogP contribution in [-0.4, -0.2) is 74.9 Å². The maximum Gasteiger partial charge on any atom is 0.269 e. The quantitative estimate of drug-likeness (QED) is 0.630. The van der Waals surface area contributed by atoms with Crippen LogP contribution >= 0.6 is 0 Å². The van der Waals surface area contributed by atoms with Crippen LogP contribution in [0.2, 0.25) is 0 Å². The zero-order chi connectivity index (χ0) is 23.4. The third-order valence-electron chi connectivity index (χ3n) is 6.49. The number of rotatable bonds is 4. The molecule has 11 heteroatoms. The summed E-state index contributed by atoms with van der Waals surface area (Å²) in [6.45, 7) is -0.151. The van der Waals surface area contributed by atoms with Crippen LogP contribution < -0.4 is 0 Å². The highest BCUT2D eigenvalue weighted by Crippen LogP contribution is 2.30. The van der Waals surface area contributed by atoms with E-state index in [1.165, 1.54) is 33.0 Å². The molecular weight excluding hydrogens is 466 g/mol. The molecule has 0 bridgehead atoms. The number of amides is 2. The Morgan fingerprint density at radius 3 is 2.36 bits per heavy atom. The first kappa shape index (κ1) is 22.1. The summed E-state index contributed by atoms with van der Waals surface area (Å²) in [7, 11) is -7.76. The molecule has 1 aliphatic carbocycles. The molecule has 2 aliphatic heterocycles. The van der Waals surface area contributed by atoms with E-state index in [9.17, 15) is 26.4 Å². The van der Waals surface area contributed by atoms with E-state index in [1.54, 1.807) is 18.2 Å². The minimum absolute atomic E-state index is 0.0514. The summed E-state index contributed by atoms with van der Waals surface area (Å²) in [6, 6.07) is 11.1. The van der Waals surface area contributed by atoms with Gasteiger partial charge in [0.15, 0.2) is 0 Å². The Morgan fingerprint density at radius 1 is 0.939 bits per heavy atom. The smallest absolute Gasteiger partial charge is 0.269 e. The number of hydrogen-bond acceptors (Lipinski definition) is 6. The number of carbonyl (C=O) groups is 2. The molecule has 0 radical (unpaired) electrons. The van der Waals surface area contributed by atoms with E-state index in [1.807, 2.05) is 6.07 Å². The predicted molar refractivity (Wildman–Crippen MR) is 118 cm³/mol. The van der Waals surface area contributed by atoms with Crippen LogP contribution in [0.1, 0.15) is 27.9 Å². The van der Waals surface area contributed by atoms with Gasteiger partial charge in [-0.05, 0) is 54.7 Å². The lowest BCUT2D eigenvalue weighted by atomic mass is 10.1. The number of piperazine rings is 1. The molecule has 2 aromatic rings. The molecular formula is C22H23N3O6S2. The number of carbonyl (C=O) groups excluding carboxylic acids is 2. The van der Waals surface area contributed by atoms with Gasteiger partial charge in [0.2, 0.25) is 15.9 Å². The normalized spacial score (nSPS) is 20.1. The van der Waals surface area contributed by atoms with Gasteiger partial charge < -0.3 is 4.90 Å². The number of benzene rings is 2. The van der Waals surface area contributed by atoms with Crippen molar-refractivity contribution in [2.45, 2.75) is 29.1 Å². The van der Waals surface area contributed by atoms with Crippen molar-refractivity contribution in [3.8, 4) is 0 Å². The third-order valence-corrected chi connectivity index (χ3v) is 10.2. The second-order valence-corrected chi connectivity index (χ2v) is 12.2. The highest BCUT2D eigenvalue weighted by molar-refractivity contribution is 7.90. The number of fused-ring (bicyclic) bond motifs is 2. The maximum absolute atomic E-state index is 13.1. The molecule has 2 aromatic carbocycles. The maximum atomic E-state index is 13.1. The molecule has 2 heterocycles. The van der Waals surface area contributed by atoms with Crippen LogP contribution in [0.3, 0.4) is 0 Å². The SMILES string of the molecule is O=C(CN1C(=O)c2ccccc2S1(=O)=O)N1CCN(S(=O)(=O)c2ccc3c(c2)CCC3)CC1. The van der Waals surface area contributed by atoms with Gasteiger partial charge in [0, 0.05) is 26.2 Å². The van der Waals surface area contributed by atoms with Crippen LogP contribution in [0.5, 0.6) is 0 Å². The molecule has 1 fully saturated rings. The molecule has 2 amide bonds. The molecule has 1 saturated heterocycles. The zero-order valence-corrected chi connectivity index (χ0v) is 19.4. The van der Waals surface area contributed by atoms with Gasteiger partial charge in [0.25, 0.3) is 15.9 Å². The topological polar surface area (TPSA) is 112 Å². The molecule has 0 spiro atoms. The summed E-state index contributed by atoms with van der Waals surface area (Å²) >= 11 is 0. The number of hydrogen-bond donors (Lipinski definition) is 0. The van der Waals surface area contributed by atoms with Crippen molar-refractivity contribution in [1.29, 1.82) is 0 Å². The number of aryl methyl sites for hydroxylation is 2. The first-order valence-electron chi connectivity index (χ1n) is 10.8. The molecule has 9 nitrogen and oxygen atoms in total. The van der Waals surface area contributed by atoms with Gasteiger partial charge >= 0.3 is 0 Å². The van der Waals surface area contributed by atoms with E-state index in [2.05, 4.69) is 0 Å². The molecule has 0 atom stereocenters. The van der Waals surface area contributed by atoms with Crippen molar-refractivity contribution in [1.82, 2.24) is 13.5 Å². The fourth-order valence-electron chi connectivity index (χ4n) is 4.65. The monoisotopic (exact) mass is 489 g/mol. The first-order chi connectivity index (χ1) is 15.7. The summed E-state index contributed by atoms with van der Waals surface area (Å²) in [5, 5.41) is 0. The fraction of sp³-hybridized carbons (Fsp3) is 0.364. The lowest BCUT2D eigenvalue weighted by Gasteiger charge is -2.34. The summed E-state index contributed by atoms with van der Waals surface area (Å²) in [5.41, 5.74) is 2.32. The van der Waals surface area contributed by atoms with Crippen molar-refractivity contribution < 1.29 is 26.4 Å². The Hall–Kier alpha value is -2.76. The second-order valence-electron chi connectivity index (χ2n) is 8.38. The minimum Gasteiger partial charge on any atom is -0.338 e. The molecule has 3 aliphatic rings. The first-order valence-corrected chi connectivity index (χ1v) is 13.6. The Kier molecular flexibility index (Phi) is 5.30. The minimum atomic E-state index is -4.07. The Bertz CT molecular complexity index is 1360. The van der Waals surface area contributed by atoms with Crippen LogP contribution in [0, 0.1) is 0 Å². The van der Waals surface area contributed by atoms with E-state index in [0.29, 0.717) is 4.31 Å². The second kappa shape index (κ2) is 7.93. The average Bonchev–Trinajstić information content (AvgIpc) is 3.36. The zero-order valence-electron chi connectivity index (χ0n) is 17.8. The number of nitrogens with zero attached hydrogens (tertiary/aromatic N) is 3. The van der Waals surface area contributed by atoms with Crippen molar-refractivity contribution >= 4 is 31.9 Å². The third kappa shape index (κ3) is 3.64. The Morgan fingerprint density at radius 2 is 1.64 bits per heavy atom. The lowest BCUT2D eigenvalue weighted by molar-refractivity contribution is -0.132. The summed E-state index contributed by atoms with van der Waals surface area (Å²) in [5.74, 6) is -1.26. The highest BCUT2D eigenvalue weighted by atomic mass is 32.2. The summed E-state index contributed by atoms with van der Waals surface area (Å²) < 4.78 is 53.5. The van der Waals surface area contributed by atoms with Gasteiger partial charge in [0.1, 0.15) is 11.4 Å². The van der Waals surface area contributed by atoms with E-state index in [-0.39, 0.29) is 41.5 Å². The Balaban J connectivity index is 1.25. The largest absolute Gasteiger partial charge is 0.338 e. The van der Waals surface area contributed by atoms with E-state index in [0.717, 1.165) is 24.8 Å². The standard InChI is InChI=1S/C22H23N3O6S2/c26-21(15-25-22(27)19-6-1-2-7-20(19)33(25,30)31)23-10-12-24(13-11-23)32(28,29)18-9-8-16-4-3-5-17(16)14-18/h1-2,6-9,14H,3-5,10-13,15H2. The van der Waals surface area contributed by atoms with Crippen molar-refractivity contribution in [2.75, 3.05) is 32.7 Å². The van der Waals surface area contributed by atoms with Crippen LogP contribution in [-0.2, 0) is 37.7 Å². The van der Waals surface area contributed by atoms with Gasteiger partial charge in [-0.1, -0.05) is 18.2 Å². The fourth-order valence-corrected chi connectivity index (χ4v) is 7.64. The van der Waals surface area contributed by atoms with Crippen LogP contribution in [0.4, 0.5) is 0 Å². The van der Waals surface area contributed by atoms with Crippen molar-refractivity contribution in [2.24, 2.45) is 0 Å². The van der Waals surface area contributed by atoms with Gasteiger partial charge in [-0.15, -0.1) is 0 Å². The van der Waals surface area contributed by atoms with Crippen LogP contribution in [0.25, 0.3) is 0 Å². The highest BCUT2D eigenvalue weighted by Gasteiger charge is 2.42. The molecule has 174 valence electrons. The Labute approximate surface area is 192 Å². The summed E-state index contributed by atoms with van der Waals surface area (Å²) in [6.07, 6.45) is 2.87. The van der Waals surface area contributed by atoms with Gasteiger partial charge in [-0.2, -0.15) is 4.31 Å². The van der Waals surface area contributed by atoms with E-state index >= 15 is 0 Å². The van der Waals surface area contributed by atoms with E-state index in [4.69, 9.17) is 0 Å². The van der Waals surface area contributed by atoms with Gasteiger partial charge in [-0.25, -0.2) is 21.1 Å².